The molecule has 6 aromatic carbocycles. The number of para-hydroxylation sites is 1. The zero-order chi connectivity index (χ0) is 27.6. The van der Waals surface area contributed by atoms with Crippen LogP contribution < -0.4 is 0 Å². The summed E-state index contributed by atoms with van der Waals surface area (Å²) in [5, 5.41) is 7.73. The highest BCUT2D eigenvalue weighted by atomic mass is 32.1. The Morgan fingerprint density at radius 3 is 2.00 bits per heavy atom. The lowest BCUT2D eigenvalue weighted by molar-refractivity contribution is 1.09. The van der Waals surface area contributed by atoms with Crippen molar-refractivity contribution < 1.29 is 0 Å². The normalized spacial score (nSPS) is 11.8. The van der Waals surface area contributed by atoms with Crippen LogP contribution in [0.3, 0.4) is 0 Å². The van der Waals surface area contributed by atoms with Crippen LogP contribution in [0.5, 0.6) is 0 Å². The summed E-state index contributed by atoms with van der Waals surface area (Å²) in [5.41, 5.74) is 6.24. The van der Waals surface area contributed by atoms with E-state index >= 15 is 0 Å². The van der Waals surface area contributed by atoms with Gasteiger partial charge in [-0.15, -0.1) is 11.3 Å². The summed E-state index contributed by atoms with van der Waals surface area (Å²) in [6, 6.07) is 47.2. The van der Waals surface area contributed by atoms with Crippen LogP contribution in [-0.4, -0.2) is 14.5 Å². The second-order valence-electron chi connectivity index (χ2n) is 10.6. The van der Waals surface area contributed by atoms with E-state index in [0.29, 0.717) is 0 Å². The molecule has 4 heteroatoms. The first kappa shape index (κ1) is 23.4. The van der Waals surface area contributed by atoms with Crippen LogP contribution in [0.2, 0.25) is 0 Å². The fraction of sp³-hybridized carbons (Fsp3) is 0. The fourth-order valence-corrected chi connectivity index (χ4v) is 7.55. The fourth-order valence-electron chi connectivity index (χ4n) is 6.42. The molecule has 0 radical (unpaired) electrons. The molecule has 0 aliphatic rings. The van der Waals surface area contributed by atoms with E-state index in [4.69, 9.17) is 9.97 Å². The summed E-state index contributed by atoms with van der Waals surface area (Å²) >= 11 is 1.87. The van der Waals surface area contributed by atoms with E-state index < -0.39 is 0 Å². The lowest BCUT2D eigenvalue weighted by Gasteiger charge is -2.14. The molecule has 0 spiro atoms. The highest BCUT2D eigenvalue weighted by Gasteiger charge is 2.21. The van der Waals surface area contributed by atoms with E-state index in [0.717, 1.165) is 39.4 Å². The highest BCUT2D eigenvalue weighted by Crippen LogP contribution is 2.46. The Morgan fingerprint density at radius 2 is 1.17 bits per heavy atom. The molecule has 0 amide bonds. The number of thiophene rings is 1. The van der Waals surface area contributed by atoms with Crippen molar-refractivity contribution in [2.75, 3.05) is 0 Å². The van der Waals surface area contributed by atoms with Crippen molar-refractivity contribution in [3.05, 3.63) is 140 Å². The Labute approximate surface area is 246 Å². The minimum Gasteiger partial charge on any atom is -0.306 e. The van der Waals surface area contributed by atoms with Gasteiger partial charge >= 0.3 is 0 Å². The molecule has 0 bridgehead atoms. The Morgan fingerprint density at radius 1 is 0.500 bits per heavy atom. The van der Waals surface area contributed by atoms with Gasteiger partial charge < -0.3 is 4.57 Å². The standard InChI is InChI=1S/C38H23N3S/c1-3-12-25(13-4-1)37-31(23-39-38(40-37)26-14-5-2-6-15-26)41-29-18-10-9-17-28(29)34-30(41)20-22-33-36(34)35-27-16-8-7-11-24(27)19-21-32(35)42-33/h1-23H. The Kier molecular flexibility index (Phi) is 5.07. The van der Waals surface area contributed by atoms with Gasteiger partial charge in [0.2, 0.25) is 0 Å². The van der Waals surface area contributed by atoms with Crippen LogP contribution in [0.4, 0.5) is 0 Å². The van der Waals surface area contributed by atoms with Crippen molar-refractivity contribution in [2.45, 2.75) is 0 Å². The third-order valence-electron chi connectivity index (χ3n) is 8.25. The molecule has 0 aliphatic carbocycles. The molecule has 0 fully saturated rings. The summed E-state index contributed by atoms with van der Waals surface area (Å²) in [5.74, 6) is 0.719. The number of hydrogen-bond donors (Lipinski definition) is 0. The first-order chi connectivity index (χ1) is 20.8. The summed E-state index contributed by atoms with van der Waals surface area (Å²) in [4.78, 5) is 10.1. The average Bonchev–Trinajstić information content (AvgIpc) is 3.61. The number of hydrogen-bond acceptors (Lipinski definition) is 3. The molecular weight excluding hydrogens is 531 g/mol. The first-order valence-corrected chi connectivity index (χ1v) is 14.9. The molecule has 3 nitrogen and oxygen atoms in total. The SMILES string of the molecule is c1ccc(-c2ncc(-n3c4ccccc4c4c5c(ccc43)sc3ccc4ccccc4c35)c(-c3ccccc3)n2)cc1. The van der Waals surface area contributed by atoms with Crippen LogP contribution in [0.25, 0.3) is 81.1 Å². The third-order valence-corrected chi connectivity index (χ3v) is 9.37. The van der Waals surface area contributed by atoms with E-state index in [1.165, 1.54) is 41.7 Å². The molecule has 0 saturated carbocycles. The van der Waals surface area contributed by atoms with Crippen LogP contribution >= 0.6 is 11.3 Å². The van der Waals surface area contributed by atoms with E-state index in [9.17, 15) is 0 Å². The molecule has 196 valence electrons. The maximum atomic E-state index is 5.20. The van der Waals surface area contributed by atoms with Crippen LogP contribution in [0.1, 0.15) is 0 Å². The van der Waals surface area contributed by atoms with Gasteiger partial charge in [-0.3, -0.25) is 0 Å². The van der Waals surface area contributed by atoms with Gasteiger partial charge in [-0.1, -0.05) is 109 Å². The van der Waals surface area contributed by atoms with Crippen LogP contribution in [0.15, 0.2) is 140 Å². The first-order valence-electron chi connectivity index (χ1n) is 14.1. The molecule has 0 N–H and O–H groups in total. The zero-order valence-corrected chi connectivity index (χ0v) is 23.3. The van der Waals surface area contributed by atoms with Crippen molar-refractivity contribution in [2.24, 2.45) is 0 Å². The number of aromatic nitrogens is 3. The second kappa shape index (κ2) is 9.10. The third kappa shape index (κ3) is 3.39. The lowest BCUT2D eigenvalue weighted by Crippen LogP contribution is -2.02. The van der Waals surface area contributed by atoms with E-state index in [1.807, 2.05) is 41.8 Å². The van der Waals surface area contributed by atoms with Gasteiger partial charge in [-0.2, -0.15) is 0 Å². The summed E-state index contributed by atoms with van der Waals surface area (Å²) in [6.07, 6.45) is 1.99. The molecule has 0 aliphatic heterocycles. The smallest absolute Gasteiger partial charge is 0.159 e. The molecule has 0 atom stereocenters. The van der Waals surface area contributed by atoms with Gasteiger partial charge in [0, 0.05) is 42.1 Å². The van der Waals surface area contributed by atoms with E-state index in [2.05, 4.69) is 114 Å². The van der Waals surface area contributed by atoms with Crippen LogP contribution in [0, 0.1) is 0 Å². The Balaban J connectivity index is 1.43. The minimum absolute atomic E-state index is 0.719. The van der Waals surface area contributed by atoms with Crippen molar-refractivity contribution in [1.29, 1.82) is 0 Å². The maximum absolute atomic E-state index is 5.20. The molecule has 9 rings (SSSR count). The number of rotatable bonds is 3. The number of fused-ring (bicyclic) bond motifs is 9. The van der Waals surface area contributed by atoms with Crippen molar-refractivity contribution >= 4 is 64.1 Å². The zero-order valence-electron chi connectivity index (χ0n) is 22.5. The monoisotopic (exact) mass is 553 g/mol. The molecular formula is C38H23N3S. The molecule has 3 aromatic heterocycles. The average molecular weight is 554 g/mol. The number of nitrogens with zero attached hydrogens (tertiary/aromatic N) is 3. The minimum atomic E-state index is 0.719. The van der Waals surface area contributed by atoms with Crippen molar-refractivity contribution in [3.63, 3.8) is 0 Å². The van der Waals surface area contributed by atoms with Gasteiger partial charge in [0.05, 0.1) is 28.6 Å². The quantitative estimate of drug-likeness (QED) is 0.218. The lowest BCUT2D eigenvalue weighted by atomic mass is 10.0. The summed E-state index contributed by atoms with van der Waals surface area (Å²) < 4.78 is 4.97. The van der Waals surface area contributed by atoms with E-state index in [1.54, 1.807) is 0 Å². The summed E-state index contributed by atoms with van der Waals surface area (Å²) in [7, 11) is 0. The van der Waals surface area contributed by atoms with Gasteiger partial charge in [0.25, 0.3) is 0 Å². The highest BCUT2D eigenvalue weighted by molar-refractivity contribution is 7.26. The van der Waals surface area contributed by atoms with Crippen molar-refractivity contribution in [3.8, 4) is 28.3 Å². The second-order valence-corrected chi connectivity index (χ2v) is 11.7. The van der Waals surface area contributed by atoms with Crippen molar-refractivity contribution in [1.82, 2.24) is 14.5 Å². The predicted octanol–water partition coefficient (Wildman–Crippen LogP) is 10.4. The number of benzene rings is 6. The van der Waals surface area contributed by atoms with Gasteiger partial charge in [0.15, 0.2) is 5.82 Å². The van der Waals surface area contributed by atoms with E-state index in [-0.39, 0.29) is 0 Å². The molecule has 3 heterocycles. The largest absolute Gasteiger partial charge is 0.306 e. The Hall–Kier alpha value is -5.32. The van der Waals surface area contributed by atoms with Gasteiger partial charge in [-0.05, 0) is 35.0 Å². The van der Waals surface area contributed by atoms with Crippen LogP contribution in [-0.2, 0) is 0 Å². The Bertz CT molecular complexity index is 2460. The van der Waals surface area contributed by atoms with Gasteiger partial charge in [0.1, 0.15) is 0 Å². The molecule has 0 unspecified atom stereocenters. The topological polar surface area (TPSA) is 30.7 Å². The molecule has 9 aromatic rings. The summed E-state index contributed by atoms with van der Waals surface area (Å²) in [6.45, 7) is 0. The molecule has 0 saturated heterocycles. The maximum Gasteiger partial charge on any atom is 0.159 e. The predicted molar refractivity (Wildman–Crippen MR) is 178 cm³/mol. The van der Waals surface area contributed by atoms with Gasteiger partial charge in [-0.25, -0.2) is 9.97 Å². The molecule has 42 heavy (non-hydrogen) atoms.